The van der Waals surface area contributed by atoms with Crippen molar-refractivity contribution in [3.8, 4) is 0 Å². The van der Waals surface area contributed by atoms with Crippen LogP contribution in [-0.2, 0) is 22.3 Å². The van der Waals surface area contributed by atoms with Crippen molar-refractivity contribution in [2.45, 2.75) is 17.2 Å². The fraction of sp³-hybridized carbons (Fsp3) is 0.174. The monoisotopic (exact) mass is 522 g/mol. The van der Waals surface area contributed by atoms with Gasteiger partial charge in [0, 0.05) is 23.1 Å². The zero-order chi connectivity index (χ0) is 23.4. The molecular weight excluding hydrogens is 503 g/mol. The highest BCUT2D eigenvalue weighted by Gasteiger charge is 2.17. The largest absolute Gasteiger partial charge is 0.308 e. The summed E-state index contributed by atoms with van der Waals surface area (Å²) < 4.78 is 43.9. The van der Waals surface area contributed by atoms with Crippen molar-refractivity contribution < 1.29 is 12.8 Å². The molecule has 10 heteroatoms. The van der Waals surface area contributed by atoms with Gasteiger partial charge < -0.3 is 0 Å². The molecule has 0 aliphatic heterocycles. The summed E-state index contributed by atoms with van der Waals surface area (Å²) in [5, 5.41) is 0.620. The highest BCUT2D eigenvalue weighted by molar-refractivity contribution is 7.98. The molecule has 0 saturated carbocycles. The van der Waals surface area contributed by atoms with E-state index in [9.17, 15) is 17.6 Å². The van der Waals surface area contributed by atoms with E-state index in [0.29, 0.717) is 38.9 Å². The molecule has 0 bridgehead atoms. The van der Waals surface area contributed by atoms with E-state index in [1.54, 1.807) is 41.0 Å². The topological polar surface area (TPSA) is 68.2 Å². The third-order valence-electron chi connectivity index (χ3n) is 4.96. The Morgan fingerprint density at radius 2 is 1.82 bits per heavy atom. The maximum Gasteiger partial charge on any atom is 0.308 e. The molecular formula is C23H20ClFN2O3S3. The Morgan fingerprint density at radius 3 is 2.58 bits per heavy atom. The van der Waals surface area contributed by atoms with Gasteiger partial charge in [-0.05, 0) is 47.5 Å². The van der Waals surface area contributed by atoms with Crippen molar-refractivity contribution in [1.29, 1.82) is 0 Å². The summed E-state index contributed by atoms with van der Waals surface area (Å²) in [5.41, 5.74) is 2.20. The van der Waals surface area contributed by atoms with E-state index in [1.165, 1.54) is 30.0 Å². The number of aromatic nitrogens is 1. The van der Waals surface area contributed by atoms with Crippen LogP contribution in [0.2, 0.25) is 5.02 Å². The molecule has 0 atom stereocenters. The van der Waals surface area contributed by atoms with Crippen molar-refractivity contribution in [2.24, 2.45) is 0 Å². The molecule has 4 rings (SSSR count). The van der Waals surface area contributed by atoms with Crippen molar-refractivity contribution in [2.75, 3.05) is 12.3 Å². The van der Waals surface area contributed by atoms with Crippen LogP contribution in [0.1, 0.15) is 11.1 Å². The van der Waals surface area contributed by atoms with Crippen LogP contribution in [-0.4, -0.2) is 25.3 Å². The molecule has 1 aromatic heterocycles. The Labute approximate surface area is 204 Å². The van der Waals surface area contributed by atoms with Crippen LogP contribution in [0.5, 0.6) is 0 Å². The Kier molecular flexibility index (Phi) is 7.55. The number of rotatable bonds is 9. The van der Waals surface area contributed by atoms with Gasteiger partial charge in [0.2, 0.25) is 10.0 Å². The third-order valence-corrected chi connectivity index (χ3v) is 8.62. The molecule has 0 aliphatic carbocycles. The lowest BCUT2D eigenvalue weighted by Gasteiger charge is -2.08. The minimum absolute atomic E-state index is 0.106. The molecule has 0 spiro atoms. The highest BCUT2D eigenvalue weighted by atomic mass is 35.5. The molecule has 0 unspecified atom stereocenters. The predicted molar refractivity (Wildman–Crippen MR) is 134 cm³/mol. The number of sulfonamides is 1. The van der Waals surface area contributed by atoms with Gasteiger partial charge in [-0.2, -0.15) is 11.8 Å². The quantitative estimate of drug-likeness (QED) is 0.310. The number of thiazole rings is 1. The van der Waals surface area contributed by atoms with E-state index in [4.69, 9.17) is 11.6 Å². The van der Waals surface area contributed by atoms with Crippen LogP contribution in [0.25, 0.3) is 10.2 Å². The smallest absolute Gasteiger partial charge is 0.294 e. The van der Waals surface area contributed by atoms with E-state index in [1.807, 2.05) is 12.1 Å². The number of halogens is 2. The summed E-state index contributed by atoms with van der Waals surface area (Å²) in [4.78, 5) is 12.5. The Balaban J connectivity index is 1.41. The summed E-state index contributed by atoms with van der Waals surface area (Å²) in [7, 11) is -3.73. The van der Waals surface area contributed by atoms with Crippen molar-refractivity contribution in [3.63, 3.8) is 0 Å². The first-order valence-electron chi connectivity index (χ1n) is 10.0. The number of nitrogens with one attached hydrogen (secondary N) is 1. The average Bonchev–Trinajstić information content (AvgIpc) is 3.10. The van der Waals surface area contributed by atoms with Crippen molar-refractivity contribution >= 4 is 54.9 Å². The zero-order valence-electron chi connectivity index (χ0n) is 17.3. The van der Waals surface area contributed by atoms with Crippen LogP contribution < -0.4 is 9.60 Å². The van der Waals surface area contributed by atoms with Crippen LogP contribution >= 0.6 is 34.7 Å². The Morgan fingerprint density at radius 1 is 1.06 bits per heavy atom. The van der Waals surface area contributed by atoms with Gasteiger partial charge in [-0.15, -0.1) is 0 Å². The molecule has 1 heterocycles. The molecule has 5 nitrogen and oxygen atoms in total. The number of thioether (sulfide) groups is 1. The molecule has 33 heavy (non-hydrogen) atoms. The second-order valence-electron chi connectivity index (χ2n) is 7.25. The molecule has 0 radical (unpaired) electrons. The third kappa shape index (κ3) is 5.85. The molecule has 3 aromatic carbocycles. The number of hydrogen-bond donors (Lipinski definition) is 1. The van der Waals surface area contributed by atoms with E-state index in [2.05, 4.69) is 4.72 Å². The van der Waals surface area contributed by atoms with Crippen molar-refractivity contribution in [1.82, 2.24) is 9.29 Å². The fourth-order valence-corrected chi connectivity index (χ4v) is 6.43. The number of benzene rings is 3. The van der Waals surface area contributed by atoms with Gasteiger partial charge in [-0.3, -0.25) is 9.36 Å². The van der Waals surface area contributed by atoms with Gasteiger partial charge in [0.15, 0.2) is 0 Å². The summed E-state index contributed by atoms with van der Waals surface area (Å²) in [6, 6.07) is 18.4. The van der Waals surface area contributed by atoms with E-state index in [0.717, 1.165) is 16.9 Å². The molecule has 0 saturated heterocycles. The van der Waals surface area contributed by atoms with Gasteiger partial charge in [0.25, 0.3) is 0 Å². The summed E-state index contributed by atoms with van der Waals surface area (Å²) in [6.45, 7) is 0.590. The summed E-state index contributed by atoms with van der Waals surface area (Å²) >= 11 is 8.38. The molecule has 1 N–H and O–H groups in total. The van der Waals surface area contributed by atoms with Crippen LogP contribution in [0.4, 0.5) is 4.39 Å². The first-order valence-corrected chi connectivity index (χ1v) is 13.9. The van der Waals surface area contributed by atoms with E-state index >= 15 is 0 Å². The Bertz CT molecular complexity index is 1430. The zero-order valence-corrected chi connectivity index (χ0v) is 20.5. The fourth-order valence-electron chi connectivity index (χ4n) is 3.27. The molecule has 0 fully saturated rings. The lowest BCUT2D eigenvalue weighted by atomic mass is 10.2. The lowest BCUT2D eigenvalue weighted by molar-refractivity contribution is 0.584. The summed E-state index contributed by atoms with van der Waals surface area (Å²) in [6.07, 6.45) is 0. The highest BCUT2D eigenvalue weighted by Crippen LogP contribution is 2.23. The molecule has 0 aliphatic rings. The Hall–Kier alpha value is -2.17. The first-order chi connectivity index (χ1) is 15.8. The van der Waals surface area contributed by atoms with Crippen LogP contribution in [0.3, 0.4) is 0 Å². The minimum atomic E-state index is -3.73. The van der Waals surface area contributed by atoms with Crippen LogP contribution in [0.15, 0.2) is 76.4 Å². The minimum Gasteiger partial charge on any atom is -0.294 e. The predicted octanol–water partition coefficient (Wildman–Crippen LogP) is 5.12. The van der Waals surface area contributed by atoms with Crippen LogP contribution in [0, 0.1) is 5.82 Å². The van der Waals surface area contributed by atoms with E-state index < -0.39 is 10.0 Å². The molecule has 0 amide bonds. The second-order valence-corrected chi connectivity index (χ2v) is 11.6. The molecule has 4 aromatic rings. The number of hydrogen-bond acceptors (Lipinski definition) is 5. The molecule has 172 valence electrons. The average molecular weight is 523 g/mol. The van der Waals surface area contributed by atoms with Gasteiger partial charge in [-0.25, -0.2) is 17.5 Å². The first kappa shape index (κ1) is 24.0. The van der Waals surface area contributed by atoms with Crippen molar-refractivity contribution in [3.05, 3.63) is 98.4 Å². The normalized spacial score (nSPS) is 11.8. The number of nitrogens with zero attached hydrogens (tertiary/aromatic N) is 1. The maximum atomic E-state index is 13.7. The standard InChI is InChI=1S/C23H20ClFN2O3S3/c24-18-7-5-16(6-8-18)14-27-21-10-9-19(13-22(21)32-23(27)28)33(29,30)26-11-12-31-15-17-3-1-2-4-20(17)25/h1-10,13,26H,11-12,14-15H2. The second kappa shape index (κ2) is 10.4. The van der Waals surface area contributed by atoms with E-state index in [-0.39, 0.29) is 22.1 Å². The lowest BCUT2D eigenvalue weighted by Crippen LogP contribution is -2.26. The van der Waals surface area contributed by atoms with Gasteiger partial charge >= 0.3 is 4.87 Å². The van der Waals surface area contributed by atoms with Gasteiger partial charge in [0.05, 0.1) is 21.7 Å². The maximum absolute atomic E-state index is 13.7. The number of fused-ring (bicyclic) bond motifs is 1. The van der Waals surface area contributed by atoms with Gasteiger partial charge in [0.1, 0.15) is 5.82 Å². The van der Waals surface area contributed by atoms with Gasteiger partial charge in [-0.1, -0.05) is 53.3 Å². The SMILES string of the molecule is O=c1sc2cc(S(=O)(=O)NCCSCc3ccccc3F)ccc2n1Cc1ccc(Cl)cc1. The summed E-state index contributed by atoms with van der Waals surface area (Å²) in [5.74, 6) is 0.705.